The molecule has 0 aliphatic heterocycles. The molecular formula is C12H16O3. The lowest BCUT2D eigenvalue weighted by molar-refractivity contribution is -0.158. The number of carbonyl (C=O) groups excluding carboxylic acids is 2. The molecule has 1 spiro atoms. The molecule has 0 heterocycles. The minimum atomic E-state index is -1.48. The summed E-state index contributed by atoms with van der Waals surface area (Å²) in [6, 6.07) is 0. The predicted octanol–water partition coefficient (Wildman–Crippen LogP) is 1.25. The van der Waals surface area contributed by atoms with Gasteiger partial charge in [0.25, 0.3) is 0 Å². The Labute approximate surface area is 89.2 Å². The zero-order valence-corrected chi connectivity index (χ0v) is 8.90. The van der Waals surface area contributed by atoms with Gasteiger partial charge >= 0.3 is 0 Å². The van der Waals surface area contributed by atoms with Crippen LogP contribution in [0.15, 0.2) is 12.2 Å². The fraction of sp³-hybridized carbons (Fsp3) is 0.667. The normalized spacial score (nSPS) is 44.9. The Kier molecular flexibility index (Phi) is 2.30. The molecule has 82 valence electrons. The van der Waals surface area contributed by atoms with Gasteiger partial charge < -0.3 is 9.90 Å². The maximum atomic E-state index is 12.0. The molecule has 0 bridgehead atoms. The summed E-state index contributed by atoms with van der Waals surface area (Å²) in [5.74, 6) is 0.00500. The van der Waals surface area contributed by atoms with Gasteiger partial charge in [0, 0.05) is 12.8 Å². The van der Waals surface area contributed by atoms with Crippen molar-refractivity contribution in [2.75, 3.05) is 0 Å². The van der Waals surface area contributed by atoms with Crippen molar-refractivity contribution in [1.29, 1.82) is 0 Å². The third kappa shape index (κ3) is 1.16. The number of ketones is 1. The van der Waals surface area contributed by atoms with E-state index in [1.54, 1.807) is 6.08 Å². The Morgan fingerprint density at radius 2 is 2.33 bits per heavy atom. The van der Waals surface area contributed by atoms with Gasteiger partial charge in [-0.05, 0) is 18.8 Å². The number of aldehydes is 1. The van der Waals surface area contributed by atoms with Crippen molar-refractivity contribution in [3.8, 4) is 0 Å². The molecule has 1 fully saturated rings. The zero-order chi connectivity index (χ0) is 11.1. The zero-order valence-electron chi connectivity index (χ0n) is 8.90. The minimum Gasteiger partial charge on any atom is -0.381 e. The van der Waals surface area contributed by atoms with E-state index < -0.39 is 11.0 Å². The smallest absolute Gasteiger partial charge is 0.152 e. The first kappa shape index (κ1) is 10.6. The molecule has 1 N–H and O–H groups in total. The van der Waals surface area contributed by atoms with Crippen molar-refractivity contribution in [1.82, 2.24) is 0 Å². The number of carbonyl (C=O) groups is 2. The second kappa shape index (κ2) is 3.27. The number of rotatable bonds is 1. The summed E-state index contributed by atoms with van der Waals surface area (Å²) in [6.45, 7) is 1.91. The summed E-state index contributed by atoms with van der Waals surface area (Å²) in [6.07, 6.45) is 6.49. The van der Waals surface area contributed by atoms with Crippen LogP contribution >= 0.6 is 0 Å². The van der Waals surface area contributed by atoms with Crippen molar-refractivity contribution in [2.24, 2.45) is 11.3 Å². The van der Waals surface area contributed by atoms with Crippen molar-refractivity contribution in [3.63, 3.8) is 0 Å². The molecule has 2 rings (SSSR count). The Balaban J connectivity index is 2.53. The van der Waals surface area contributed by atoms with E-state index in [2.05, 4.69) is 0 Å². The molecule has 0 aromatic carbocycles. The molecule has 15 heavy (non-hydrogen) atoms. The van der Waals surface area contributed by atoms with E-state index in [0.717, 1.165) is 6.42 Å². The largest absolute Gasteiger partial charge is 0.381 e. The van der Waals surface area contributed by atoms with E-state index in [1.165, 1.54) is 0 Å². The number of allylic oxidation sites excluding steroid dienone is 1. The first-order valence-electron chi connectivity index (χ1n) is 5.45. The molecule has 1 unspecified atom stereocenters. The fourth-order valence-corrected chi connectivity index (χ4v) is 3.18. The summed E-state index contributed by atoms with van der Waals surface area (Å²) in [5.41, 5.74) is -2.32. The van der Waals surface area contributed by atoms with E-state index in [9.17, 15) is 14.7 Å². The number of aliphatic hydroxyl groups is 1. The van der Waals surface area contributed by atoms with E-state index in [-0.39, 0.29) is 18.1 Å². The van der Waals surface area contributed by atoms with Crippen LogP contribution in [0.3, 0.4) is 0 Å². The van der Waals surface area contributed by atoms with E-state index >= 15 is 0 Å². The van der Waals surface area contributed by atoms with Crippen LogP contribution < -0.4 is 0 Å². The highest BCUT2D eigenvalue weighted by molar-refractivity contribution is 5.93. The van der Waals surface area contributed by atoms with Crippen LogP contribution in [0, 0.1) is 11.3 Å². The van der Waals surface area contributed by atoms with E-state index in [0.29, 0.717) is 19.1 Å². The SMILES string of the molecule is C[C@@H]1C=CCC(O)(C=O)[C@@]12CCCC2=O. The van der Waals surface area contributed by atoms with Crippen molar-refractivity contribution >= 4 is 12.1 Å². The highest BCUT2D eigenvalue weighted by Gasteiger charge is 2.60. The maximum Gasteiger partial charge on any atom is 0.152 e. The predicted molar refractivity (Wildman–Crippen MR) is 55.2 cm³/mol. The van der Waals surface area contributed by atoms with Crippen LogP contribution in [0.5, 0.6) is 0 Å². The summed E-state index contributed by atoms with van der Waals surface area (Å²) in [4.78, 5) is 23.1. The van der Waals surface area contributed by atoms with Crippen LogP contribution in [0.25, 0.3) is 0 Å². The molecule has 1 saturated carbocycles. The average molecular weight is 208 g/mol. The highest BCUT2D eigenvalue weighted by atomic mass is 16.3. The Hall–Kier alpha value is -0.960. The molecule has 0 aromatic rings. The molecular weight excluding hydrogens is 192 g/mol. The van der Waals surface area contributed by atoms with E-state index in [4.69, 9.17) is 0 Å². The number of Topliss-reactive ketones (excluding diaryl/α,β-unsaturated/α-hetero) is 1. The van der Waals surface area contributed by atoms with Crippen LogP contribution in [0.2, 0.25) is 0 Å². The van der Waals surface area contributed by atoms with Gasteiger partial charge in [-0.1, -0.05) is 19.1 Å². The van der Waals surface area contributed by atoms with Gasteiger partial charge in [-0.15, -0.1) is 0 Å². The molecule has 3 atom stereocenters. The summed E-state index contributed by atoms with van der Waals surface area (Å²) in [7, 11) is 0. The van der Waals surface area contributed by atoms with Gasteiger partial charge in [-0.3, -0.25) is 4.79 Å². The molecule has 0 aromatic heterocycles. The third-order valence-electron chi connectivity index (χ3n) is 4.07. The van der Waals surface area contributed by atoms with Gasteiger partial charge in [-0.25, -0.2) is 0 Å². The summed E-state index contributed by atoms with van der Waals surface area (Å²) in [5, 5.41) is 10.3. The fourth-order valence-electron chi connectivity index (χ4n) is 3.18. The third-order valence-corrected chi connectivity index (χ3v) is 4.07. The first-order chi connectivity index (χ1) is 7.07. The second-order valence-electron chi connectivity index (χ2n) is 4.71. The standard InChI is InChI=1S/C12H16O3/c1-9-4-2-6-11(15,8-13)12(9)7-3-5-10(12)14/h2,4,8-9,15H,3,5-7H2,1H3/t9-,11?,12+/m1/s1. The molecule has 3 heteroatoms. The molecule has 0 radical (unpaired) electrons. The number of hydrogen-bond acceptors (Lipinski definition) is 3. The van der Waals surface area contributed by atoms with Crippen molar-refractivity contribution in [3.05, 3.63) is 12.2 Å². The lowest BCUT2D eigenvalue weighted by Crippen LogP contribution is -2.56. The molecule has 3 nitrogen and oxygen atoms in total. The summed E-state index contributed by atoms with van der Waals surface area (Å²) >= 11 is 0. The highest BCUT2D eigenvalue weighted by Crippen LogP contribution is 2.52. The lowest BCUT2D eigenvalue weighted by atomic mass is 9.59. The van der Waals surface area contributed by atoms with Crippen molar-refractivity contribution in [2.45, 2.75) is 38.2 Å². The second-order valence-corrected chi connectivity index (χ2v) is 4.71. The van der Waals surface area contributed by atoms with Gasteiger partial charge in [-0.2, -0.15) is 0 Å². The minimum absolute atomic E-state index is 0.0450. The topological polar surface area (TPSA) is 54.4 Å². The van der Waals surface area contributed by atoms with Gasteiger partial charge in [0.15, 0.2) is 6.29 Å². The molecule has 2 aliphatic rings. The number of hydrogen-bond donors (Lipinski definition) is 1. The maximum absolute atomic E-state index is 12.0. The van der Waals surface area contributed by atoms with Crippen LogP contribution in [0.1, 0.15) is 32.6 Å². The van der Waals surface area contributed by atoms with Crippen LogP contribution in [-0.4, -0.2) is 22.8 Å². The summed E-state index contributed by atoms with van der Waals surface area (Å²) < 4.78 is 0. The first-order valence-corrected chi connectivity index (χ1v) is 5.45. The Bertz CT molecular complexity index is 334. The van der Waals surface area contributed by atoms with Gasteiger partial charge in [0.2, 0.25) is 0 Å². The average Bonchev–Trinajstić information content (AvgIpc) is 2.59. The monoisotopic (exact) mass is 208 g/mol. The van der Waals surface area contributed by atoms with Gasteiger partial charge in [0.05, 0.1) is 5.41 Å². The lowest BCUT2D eigenvalue weighted by Gasteiger charge is -2.45. The molecule has 2 aliphatic carbocycles. The van der Waals surface area contributed by atoms with Crippen LogP contribution in [0.4, 0.5) is 0 Å². The van der Waals surface area contributed by atoms with Gasteiger partial charge in [0.1, 0.15) is 11.4 Å². The van der Waals surface area contributed by atoms with E-state index in [1.807, 2.05) is 13.0 Å². The Morgan fingerprint density at radius 1 is 1.60 bits per heavy atom. The van der Waals surface area contributed by atoms with Crippen LogP contribution in [-0.2, 0) is 9.59 Å². The van der Waals surface area contributed by atoms with Crippen molar-refractivity contribution < 1.29 is 14.7 Å². The Morgan fingerprint density at radius 3 is 2.87 bits per heavy atom. The molecule has 0 amide bonds. The quantitative estimate of drug-likeness (QED) is 0.521. The molecule has 0 saturated heterocycles.